The third-order valence-electron chi connectivity index (χ3n) is 6.68. The van der Waals surface area contributed by atoms with Gasteiger partial charge >= 0.3 is 6.18 Å². The van der Waals surface area contributed by atoms with E-state index in [-0.39, 0.29) is 17.3 Å². The number of imidazole rings is 1. The monoisotopic (exact) mass is 509 g/mol. The summed E-state index contributed by atoms with van der Waals surface area (Å²) in [5, 5.41) is 2.42. The summed E-state index contributed by atoms with van der Waals surface area (Å²) in [6, 6.07) is 8.32. The molecule has 4 heterocycles. The molecule has 11 heteroatoms. The summed E-state index contributed by atoms with van der Waals surface area (Å²) in [5.41, 5.74) is 7.77. The Labute approximate surface area is 211 Å². The molecule has 1 fully saturated rings. The Kier molecular flexibility index (Phi) is 6.55. The number of aromatic nitrogens is 4. The van der Waals surface area contributed by atoms with E-state index in [1.807, 2.05) is 10.6 Å². The second kappa shape index (κ2) is 9.81. The molecular weight excluding hydrogens is 483 g/mol. The van der Waals surface area contributed by atoms with Crippen molar-refractivity contribution in [3.05, 3.63) is 71.9 Å². The normalized spacial score (nSPS) is 16.7. The molecule has 4 aromatic rings. The molecule has 1 aliphatic heterocycles. The quantitative estimate of drug-likeness (QED) is 0.399. The van der Waals surface area contributed by atoms with Gasteiger partial charge in [0.25, 0.3) is 5.91 Å². The molecule has 8 nitrogen and oxygen atoms in total. The lowest BCUT2D eigenvalue weighted by atomic mass is 9.97. The molecule has 37 heavy (non-hydrogen) atoms. The van der Waals surface area contributed by atoms with Gasteiger partial charge in [-0.2, -0.15) is 13.2 Å². The first-order valence-electron chi connectivity index (χ1n) is 12.0. The van der Waals surface area contributed by atoms with Crippen LogP contribution in [0.3, 0.4) is 0 Å². The first kappa shape index (κ1) is 24.7. The number of amides is 1. The van der Waals surface area contributed by atoms with Crippen molar-refractivity contribution in [2.45, 2.75) is 31.9 Å². The van der Waals surface area contributed by atoms with Gasteiger partial charge in [0, 0.05) is 42.2 Å². The number of pyridine rings is 1. The summed E-state index contributed by atoms with van der Waals surface area (Å²) in [6.07, 6.45) is 2.12. The summed E-state index contributed by atoms with van der Waals surface area (Å²) in [5.74, 6) is 0.784. The van der Waals surface area contributed by atoms with Crippen LogP contribution >= 0.6 is 0 Å². The molecule has 0 aliphatic carbocycles. The van der Waals surface area contributed by atoms with Gasteiger partial charge in [0.15, 0.2) is 0 Å². The number of hydrogen-bond acceptors (Lipinski definition) is 6. The van der Waals surface area contributed by atoms with Crippen LogP contribution < -0.4 is 11.1 Å². The number of carbonyl (C=O) groups is 1. The third-order valence-corrected chi connectivity index (χ3v) is 6.68. The molecule has 0 spiro atoms. The van der Waals surface area contributed by atoms with E-state index in [1.165, 1.54) is 0 Å². The number of alkyl halides is 3. The maximum Gasteiger partial charge on any atom is 0.416 e. The standard InChI is InChI=1S/C26H26F3N7O/c1-2-35-12-3-4-18(15-35)24-34-21(22-23(30)32-11-13-36(22)24)16-5-7-17(8-6-16)25(37)33-20-14-19(9-10-31-20)26(27,28)29/h5-11,13-14,18H,2-4,12,15H2,1H3,(H2,30,32)(H,31,33,37)/t18-/m1/s1. The highest BCUT2D eigenvalue weighted by molar-refractivity contribution is 6.04. The summed E-state index contributed by atoms with van der Waals surface area (Å²) < 4.78 is 40.9. The van der Waals surface area contributed by atoms with Crippen molar-refractivity contribution in [3.63, 3.8) is 0 Å². The lowest BCUT2D eigenvalue weighted by Crippen LogP contribution is -2.34. The number of carbonyl (C=O) groups excluding carboxylic acids is 1. The van der Waals surface area contributed by atoms with Crippen LogP contribution in [0.1, 0.15) is 47.4 Å². The lowest BCUT2D eigenvalue weighted by molar-refractivity contribution is -0.137. The Balaban J connectivity index is 1.43. The van der Waals surface area contributed by atoms with Gasteiger partial charge < -0.3 is 16.0 Å². The van der Waals surface area contributed by atoms with Gasteiger partial charge in [-0.3, -0.25) is 9.20 Å². The molecule has 192 valence electrons. The van der Waals surface area contributed by atoms with Crippen molar-refractivity contribution in [3.8, 4) is 11.3 Å². The van der Waals surface area contributed by atoms with E-state index in [2.05, 4.69) is 27.1 Å². The number of likely N-dealkylation sites (N-methyl/N-ethyl adjacent to an activating group) is 1. The minimum Gasteiger partial charge on any atom is -0.382 e. The van der Waals surface area contributed by atoms with E-state index in [9.17, 15) is 18.0 Å². The zero-order valence-electron chi connectivity index (χ0n) is 20.2. The number of piperidine rings is 1. The van der Waals surface area contributed by atoms with Crippen LogP contribution in [0.2, 0.25) is 0 Å². The van der Waals surface area contributed by atoms with Crippen LogP contribution in [0, 0.1) is 0 Å². The van der Waals surface area contributed by atoms with Gasteiger partial charge in [-0.15, -0.1) is 0 Å². The van der Waals surface area contributed by atoms with Gasteiger partial charge in [-0.05, 0) is 50.2 Å². The first-order chi connectivity index (χ1) is 17.7. The second-order valence-electron chi connectivity index (χ2n) is 9.04. The van der Waals surface area contributed by atoms with Crippen LogP contribution in [0.15, 0.2) is 55.0 Å². The molecule has 1 atom stereocenters. The zero-order valence-corrected chi connectivity index (χ0v) is 20.2. The fourth-order valence-corrected chi connectivity index (χ4v) is 4.77. The molecule has 1 amide bonds. The van der Waals surface area contributed by atoms with E-state index >= 15 is 0 Å². The van der Waals surface area contributed by atoms with Crippen molar-refractivity contribution in [2.75, 3.05) is 30.7 Å². The number of rotatable bonds is 5. The predicted molar refractivity (Wildman–Crippen MR) is 134 cm³/mol. The molecule has 0 unspecified atom stereocenters. The number of likely N-dealkylation sites (tertiary alicyclic amines) is 1. The van der Waals surface area contributed by atoms with Crippen molar-refractivity contribution in [2.24, 2.45) is 0 Å². The maximum atomic E-state index is 13.0. The zero-order chi connectivity index (χ0) is 26.2. The molecule has 1 saturated heterocycles. The highest BCUT2D eigenvalue weighted by Crippen LogP contribution is 2.34. The van der Waals surface area contributed by atoms with E-state index in [0.29, 0.717) is 17.0 Å². The number of halogens is 3. The number of hydrogen-bond donors (Lipinski definition) is 2. The molecule has 3 aromatic heterocycles. The minimum atomic E-state index is -4.53. The fraction of sp³-hybridized carbons (Fsp3) is 0.308. The van der Waals surface area contributed by atoms with Crippen LogP contribution in [0.25, 0.3) is 16.8 Å². The number of anilines is 2. The molecule has 5 rings (SSSR count). The highest BCUT2D eigenvalue weighted by atomic mass is 19.4. The first-order valence-corrected chi connectivity index (χ1v) is 12.0. The molecule has 0 bridgehead atoms. The van der Waals surface area contributed by atoms with Crippen molar-refractivity contribution in [1.82, 2.24) is 24.3 Å². The lowest BCUT2D eigenvalue weighted by Gasteiger charge is -2.31. The van der Waals surface area contributed by atoms with Crippen molar-refractivity contribution in [1.29, 1.82) is 0 Å². The Morgan fingerprint density at radius 3 is 2.68 bits per heavy atom. The Morgan fingerprint density at radius 1 is 1.16 bits per heavy atom. The highest BCUT2D eigenvalue weighted by Gasteiger charge is 2.31. The van der Waals surface area contributed by atoms with E-state index in [4.69, 9.17) is 10.7 Å². The maximum absolute atomic E-state index is 13.0. The van der Waals surface area contributed by atoms with Crippen LogP contribution in [-0.4, -0.2) is 49.8 Å². The van der Waals surface area contributed by atoms with Crippen LogP contribution in [-0.2, 0) is 6.18 Å². The number of fused-ring (bicyclic) bond motifs is 1. The van der Waals surface area contributed by atoms with Crippen LogP contribution in [0.4, 0.5) is 24.8 Å². The third kappa shape index (κ3) is 4.99. The molecule has 0 radical (unpaired) electrons. The van der Waals surface area contributed by atoms with Gasteiger partial charge in [0.2, 0.25) is 0 Å². The SMILES string of the molecule is CCN1CCC[C@@H](c2nc(-c3ccc(C(=O)Nc4cc(C(F)(F)F)ccn4)cc3)c3c(N)nccn23)C1. The summed E-state index contributed by atoms with van der Waals surface area (Å²) in [7, 11) is 0. The number of nitrogens with zero attached hydrogens (tertiary/aromatic N) is 5. The van der Waals surface area contributed by atoms with E-state index in [1.54, 1.807) is 30.5 Å². The topological polar surface area (TPSA) is 101 Å². The largest absolute Gasteiger partial charge is 0.416 e. The molecule has 3 N–H and O–H groups in total. The summed E-state index contributed by atoms with van der Waals surface area (Å²) in [4.78, 5) is 28.1. The Morgan fingerprint density at radius 2 is 1.95 bits per heavy atom. The number of nitrogens with one attached hydrogen (secondary N) is 1. The molecule has 1 aromatic carbocycles. The smallest absolute Gasteiger partial charge is 0.382 e. The van der Waals surface area contributed by atoms with Gasteiger partial charge in [-0.25, -0.2) is 15.0 Å². The Bertz CT molecular complexity index is 1430. The number of nitrogen functional groups attached to an aromatic ring is 1. The average molecular weight is 510 g/mol. The fourth-order valence-electron chi connectivity index (χ4n) is 4.77. The van der Waals surface area contributed by atoms with Gasteiger partial charge in [0.1, 0.15) is 28.7 Å². The molecule has 0 saturated carbocycles. The van der Waals surface area contributed by atoms with Crippen molar-refractivity contribution >= 4 is 23.1 Å². The predicted octanol–water partition coefficient (Wildman–Crippen LogP) is 4.84. The average Bonchev–Trinajstić information content (AvgIpc) is 3.29. The van der Waals surface area contributed by atoms with Gasteiger partial charge in [0.05, 0.1) is 5.56 Å². The van der Waals surface area contributed by atoms with E-state index < -0.39 is 17.6 Å². The second-order valence-corrected chi connectivity index (χ2v) is 9.04. The minimum absolute atomic E-state index is 0.180. The summed E-state index contributed by atoms with van der Waals surface area (Å²) in [6.45, 7) is 5.13. The van der Waals surface area contributed by atoms with Crippen LogP contribution in [0.5, 0.6) is 0 Å². The number of nitrogens with two attached hydrogens (primary N) is 1. The Hall–Kier alpha value is -3.99. The molecular formula is C26H26F3N7O. The molecule has 1 aliphatic rings. The summed E-state index contributed by atoms with van der Waals surface area (Å²) >= 11 is 0. The van der Waals surface area contributed by atoms with Gasteiger partial charge in [-0.1, -0.05) is 19.1 Å². The van der Waals surface area contributed by atoms with E-state index in [0.717, 1.165) is 62.2 Å². The van der Waals surface area contributed by atoms with Crippen molar-refractivity contribution < 1.29 is 18.0 Å². The number of benzene rings is 1.